The SMILES string of the molecule is CC1(C)Cc2c(sc3c2c(=O)n(CCO)c(=O)n3CC(=O)N2CCCCC2)CO1. The fourth-order valence-electron chi connectivity index (χ4n) is 4.22. The largest absolute Gasteiger partial charge is 0.395 e. The highest BCUT2D eigenvalue weighted by Crippen LogP contribution is 2.37. The number of hydrogen-bond donors (Lipinski definition) is 1. The molecule has 0 bridgehead atoms. The lowest BCUT2D eigenvalue weighted by atomic mass is 9.94. The van der Waals surface area contributed by atoms with Crippen molar-refractivity contribution in [2.45, 2.75) is 64.8 Å². The lowest BCUT2D eigenvalue weighted by Gasteiger charge is -2.30. The quantitative estimate of drug-likeness (QED) is 0.797. The first-order valence-electron chi connectivity index (χ1n) is 10.1. The van der Waals surface area contributed by atoms with E-state index in [0.29, 0.717) is 36.3 Å². The summed E-state index contributed by atoms with van der Waals surface area (Å²) in [6, 6.07) is 0. The lowest BCUT2D eigenvalue weighted by molar-refractivity contribution is -0.132. The third-order valence-corrected chi connectivity index (χ3v) is 6.99. The monoisotopic (exact) mass is 421 g/mol. The molecule has 0 saturated carbocycles. The number of aliphatic hydroxyl groups is 1. The van der Waals surface area contributed by atoms with E-state index in [0.717, 1.165) is 34.3 Å². The van der Waals surface area contributed by atoms with Crippen molar-refractivity contribution in [2.24, 2.45) is 0 Å². The Bertz CT molecular complexity index is 1060. The van der Waals surface area contributed by atoms with Gasteiger partial charge < -0.3 is 14.7 Å². The van der Waals surface area contributed by atoms with Crippen LogP contribution in [0.1, 0.15) is 43.6 Å². The molecule has 4 rings (SSSR count). The maximum atomic E-state index is 13.1. The Hall–Kier alpha value is -1.97. The number of fused-ring (bicyclic) bond motifs is 3. The summed E-state index contributed by atoms with van der Waals surface area (Å²) < 4.78 is 8.36. The number of carbonyl (C=O) groups excluding carboxylic acids is 1. The van der Waals surface area contributed by atoms with Crippen LogP contribution in [0.4, 0.5) is 0 Å². The Balaban J connectivity index is 1.87. The van der Waals surface area contributed by atoms with Gasteiger partial charge in [-0.2, -0.15) is 0 Å². The van der Waals surface area contributed by atoms with Crippen LogP contribution in [0.5, 0.6) is 0 Å². The van der Waals surface area contributed by atoms with Gasteiger partial charge in [0.1, 0.15) is 11.4 Å². The number of thiophene rings is 1. The van der Waals surface area contributed by atoms with Crippen molar-refractivity contribution >= 4 is 27.5 Å². The summed E-state index contributed by atoms with van der Waals surface area (Å²) in [5.74, 6) is -0.106. The molecular formula is C20H27N3O5S. The number of piperidine rings is 1. The molecule has 0 aliphatic carbocycles. The van der Waals surface area contributed by atoms with Gasteiger partial charge in [0, 0.05) is 24.4 Å². The van der Waals surface area contributed by atoms with Crippen molar-refractivity contribution in [1.29, 1.82) is 0 Å². The molecule has 2 aliphatic rings. The minimum atomic E-state index is -0.541. The predicted octanol–water partition coefficient (Wildman–Crippen LogP) is 1.08. The van der Waals surface area contributed by atoms with E-state index >= 15 is 0 Å². The number of ether oxygens (including phenoxy) is 1. The average molecular weight is 422 g/mol. The predicted molar refractivity (Wildman–Crippen MR) is 110 cm³/mol. The third kappa shape index (κ3) is 3.67. The molecule has 2 aliphatic heterocycles. The number of carbonyl (C=O) groups is 1. The van der Waals surface area contributed by atoms with Gasteiger partial charge >= 0.3 is 5.69 Å². The highest BCUT2D eigenvalue weighted by atomic mass is 32.1. The third-order valence-electron chi connectivity index (χ3n) is 5.76. The van der Waals surface area contributed by atoms with Gasteiger partial charge in [-0.15, -0.1) is 11.3 Å². The molecule has 2 aromatic heterocycles. The van der Waals surface area contributed by atoms with Crippen molar-refractivity contribution < 1.29 is 14.6 Å². The van der Waals surface area contributed by atoms with Gasteiger partial charge in [0.15, 0.2) is 0 Å². The summed E-state index contributed by atoms with van der Waals surface area (Å²) in [7, 11) is 0. The summed E-state index contributed by atoms with van der Waals surface area (Å²) in [4.78, 5) is 42.3. The normalized spacial score (nSPS) is 18.8. The summed E-state index contributed by atoms with van der Waals surface area (Å²) in [6.45, 7) is 5.24. The van der Waals surface area contributed by atoms with E-state index in [2.05, 4.69) is 0 Å². The van der Waals surface area contributed by atoms with Crippen molar-refractivity contribution in [2.75, 3.05) is 19.7 Å². The Kier molecular flexibility index (Phi) is 5.39. The molecule has 1 fully saturated rings. The Labute approximate surface area is 172 Å². The number of rotatable bonds is 4. The molecular weight excluding hydrogens is 394 g/mol. The van der Waals surface area contributed by atoms with E-state index in [4.69, 9.17) is 4.74 Å². The van der Waals surface area contributed by atoms with Crippen LogP contribution in [-0.2, 0) is 35.6 Å². The molecule has 29 heavy (non-hydrogen) atoms. The smallest absolute Gasteiger partial charge is 0.332 e. The number of amides is 1. The molecule has 1 saturated heterocycles. The number of likely N-dealkylation sites (tertiary alicyclic amines) is 1. The van der Waals surface area contributed by atoms with Gasteiger partial charge in [-0.25, -0.2) is 4.79 Å². The van der Waals surface area contributed by atoms with E-state index in [9.17, 15) is 19.5 Å². The topological polar surface area (TPSA) is 93.8 Å². The second-order valence-corrected chi connectivity index (χ2v) is 9.48. The van der Waals surface area contributed by atoms with Crippen molar-refractivity contribution in [3.63, 3.8) is 0 Å². The first-order chi connectivity index (χ1) is 13.8. The zero-order valence-corrected chi connectivity index (χ0v) is 17.7. The minimum absolute atomic E-state index is 0.0873. The van der Waals surface area contributed by atoms with Crippen molar-refractivity contribution in [3.05, 3.63) is 31.3 Å². The molecule has 0 unspecified atom stereocenters. The van der Waals surface area contributed by atoms with Crippen LogP contribution in [0.25, 0.3) is 10.2 Å². The fraction of sp³-hybridized carbons (Fsp3) is 0.650. The minimum Gasteiger partial charge on any atom is -0.395 e. The fourth-order valence-corrected chi connectivity index (χ4v) is 5.43. The molecule has 1 amide bonds. The molecule has 0 spiro atoms. The van der Waals surface area contributed by atoms with Crippen LogP contribution in [0, 0.1) is 0 Å². The molecule has 9 heteroatoms. The van der Waals surface area contributed by atoms with Crippen LogP contribution < -0.4 is 11.2 Å². The number of hydrogen-bond acceptors (Lipinski definition) is 6. The zero-order chi connectivity index (χ0) is 20.8. The van der Waals surface area contributed by atoms with Crippen LogP contribution in [0.15, 0.2) is 9.59 Å². The van der Waals surface area contributed by atoms with Gasteiger partial charge in [0.2, 0.25) is 5.91 Å². The van der Waals surface area contributed by atoms with Crippen LogP contribution >= 0.6 is 11.3 Å². The van der Waals surface area contributed by atoms with E-state index < -0.39 is 16.9 Å². The molecule has 8 nitrogen and oxygen atoms in total. The Morgan fingerprint density at radius 3 is 2.59 bits per heavy atom. The highest BCUT2D eigenvalue weighted by Gasteiger charge is 2.32. The first kappa shape index (κ1) is 20.3. The Morgan fingerprint density at radius 1 is 1.17 bits per heavy atom. The Morgan fingerprint density at radius 2 is 1.90 bits per heavy atom. The maximum absolute atomic E-state index is 13.1. The standard InChI is InChI=1S/C20H27N3O5S/c1-20(2)10-13-14(12-28-20)29-18-16(13)17(26)22(8-9-24)19(27)23(18)11-15(25)21-6-4-3-5-7-21/h24H,3-12H2,1-2H3. The molecule has 0 atom stereocenters. The number of nitrogens with zero attached hydrogens (tertiary/aromatic N) is 3. The summed E-state index contributed by atoms with van der Waals surface area (Å²) in [6.07, 6.45) is 3.62. The van der Waals surface area contributed by atoms with Gasteiger partial charge in [-0.05, 0) is 38.7 Å². The maximum Gasteiger partial charge on any atom is 0.332 e. The summed E-state index contributed by atoms with van der Waals surface area (Å²) in [5, 5.41) is 9.88. The first-order valence-corrected chi connectivity index (χ1v) is 10.9. The molecule has 1 N–H and O–H groups in total. The van der Waals surface area contributed by atoms with Crippen LogP contribution in [0.2, 0.25) is 0 Å². The van der Waals surface area contributed by atoms with Gasteiger partial charge in [0.25, 0.3) is 5.56 Å². The van der Waals surface area contributed by atoms with Gasteiger partial charge in [0.05, 0.1) is 30.7 Å². The molecule has 2 aromatic rings. The molecule has 158 valence electrons. The number of aliphatic hydroxyl groups excluding tert-OH is 1. The van der Waals surface area contributed by atoms with Crippen LogP contribution in [-0.4, -0.2) is 50.3 Å². The highest BCUT2D eigenvalue weighted by molar-refractivity contribution is 7.18. The second kappa shape index (κ2) is 7.70. The van der Waals surface area contributed by atoms with E-state index in [1.54, 1.807) is 4.90 Å². The van der Waals surface area contributed by atoms with Gasteiger partial charge in [-0.1, -0.05) is 0 Å². The molecule has 0 radical (unpaired) electrons. The van der Waals surface area contributed by atoms with Crippen molar-refractivity contribution in [1.82, 2.24) is 14.0 Å². The molecule has 0 aromatic carbocycles. The molecule has 4 heterocycles. The van der Waals surface area contributed by atoms with Crippen molar-refractivity contribution in [3.8, 4) is 0 Å². The van der Waals surface area contributed by atoms with E-state index in [-0.39, 0.29) is 25.6 Å². The lowest BCUT2D eigenvalue weighted by Crippen LogP contribution is -2.44. The summed E-state index contributed by atoms with van der Waals surface area (Å²) in [5.41, 5.74) is -0.437. The van der Waals surface area contributed by atoms with E-state index in [1.807, 2.05) is 13.8 Å². The second-order valence-electron chi connectivity index (χ2n) is 8.40. The van der Waals surface area contributed by atoms with Gasteiger partial charge in [-0.3, -0.25) is 18.7 Å². The van der Waals surface area contributed by atoms with E-state index in [1.165, 1.54) is 15.9 Å². The average Bonchev–Trinajstić information content (AvgIpc) is 3.06. The van der Waals surface area contributed by atoms with Crippen LogP contribution in [0.3, 0.4) is 0 Å². The summed E-state index contributed by atoms with van der Waals surface area (Å²) >= 11 is 1.36. The number of aromatic nitrogens is 2. The zero-order valence-electron chi connectivity index (χ0n) is 16.9.